The number of hydrogen-bond acceptors (Lipinski definition) is 2. The van der Waals surface area contributed by atoms with Gasteiger partial charge in [-0.1, -0.05) is 54.4 Å². The van der Waals surface area contributed by atoms with Crippen molar-refractivity contribution in [3.05, 3.63) is 29.3 Å². The molecule has 0 saturated carbocycles. The van der Waals surface area contributed by atoms with Gasteiger partial charge in [0.05, 0.1) is 4.83 Å². The molecule has 0 radical (unpaired) electrons. The first kappa shape index (κ1) is 18.7. The minimum Gasteiger partial charge on any atom is -0.355 e. The van der Waals surface area contributed by atoms with Gasteiger partial charge in [-0.05, 0) is 30.9 Å². The number of halogens is 1. The summed E-state index contributed by atoms with van der Waals surface area (Å²) in [5.74, 6) is -0.194. The molecular formula is C17H25BrN2O2. The lowest BCUT2D eigenvalue weighted by atomic mass is 9.92. The van der Waals surface area contributed by atoms with Crippen LogP contribution in [0.25, 0.3) is 0 Å². The molecular weight excluding hydrogens is 344 g/mol. The Bertz CT molecular complexity index is 550. The summed E-state index contributed by atoms with van der Waals surface area (Å²) in [7, 11) is 0. The molecule has 2 N–H and O–H groups in total. The van der Waals surface area contributed by atoms with Crippen molar-refractivity contribution in [3.63, 3.8) is 0 Å². The van der Waals surface area contributed by atoms with Gasteiger partial charge >= 0.3 is 0 Å². The molecule has 2 amide bonds. The maximum absolute atomic E-state index is 11.9. The molecule has 0 bridgehead atoms. The molecule has 0 aromatic heterocycles. The Morgan fingerprint density at radius 3 is 2.41 bits per heavy atom. The first-order chi connectivity index (χ1) is 10.1. The minimum atomic E-state index is -0.276. The van der Waals surface area contributed by atoms with E-state index in [9.17, 15) is 9.59 Å². The monoisotopic (exact) mass is 368 g/mol. The third-order valence-electron chi connectivity index (χ3n) is 3.30. The molecule has 1 atom stereocenters. The Morgan fingerprint density at radius 2 is 1.86 bits per heavy atom. The number of alkyl halides is 1. The number of aryl methyl sites for hydroxylation is 2. The first-order valence-corrected chi connectivity index (χ1v) is 8.31. The highest BCUT2D eigenvalue weighted by Crippen LogP contribution is 2.25. The number of rotatable bonds is 5. The maximum atomic E-state index is 11.9. The van der Waals surface area contributed by atoms with E-state index in [1.165, 1.54) is 0 Å². The van der Waals surface area contributed by atoms with Crippen molar-refractivity contribution in [1.29, 1.82) is 0 Å². The van der Waals surface area contributed by atoms with E-state index in [1.54, 1.807) is 0 Å². The number of carbonyl (C=O) groups is 2. The lowest BCUT2D eigenvalue weighted by Gasteiger charge is -2.24. The van der Waals surface area contributed by atoms with Crippen LogP contribution in [-0.2, 0) is 9.59 Å². The summed E-state index contributed by atoms with van der Waals surface area (Å²) in [4.78, 5) is 23.6. The molecule has 22 heavy (non-hydrogen) atoms. The second kappa shape index (κ2) is 7.77. The van der Waals surface area contributed by atoms with Gasteiger partial charge in [-0.3, -0.25) is 9.59 Å². The number of amides is 2. The van der Waals surface area contributed by atoms with Gasteiger partial charge in [0.15, 0.2) is 0 Å². The van der Waals surface area contributed by atoms with Crippen LogP contribution in [0.3, 0.4) is 0 Å². The summed E-state index contributed by atoms with van der Waals surface area (Å²) in [6, 6.07) is 5.88. The molecule has 0 saturated heterocycles. The van der Waals surface area contributed by atoms with Gasteiger partial charge in [-0.2, -0.15) is 0 Å². The topological polar surface area (TPSA) is 58.2 Å². The molecule has 0 unspecified atom stereocenters. The van der Waals surface area contributed by atoms with E-state index in [4.69, 9.17) is 0 Å². The molecule has 122 valence electrons. The van der Waals surface area contributed by atoms with E-state index < -0.39 is 0 Å². The number of carbonyl (C=O) groups excluding carboxylic acids is 2. The van der Waals surface area contributed by atoms with Crippen LogP contribution in [0.15, 0.2) is 18.2 Å². The predicted molar refractivity (Wildman–Crippen MR) is 94.3 cm³/mol. The Morgan fingerprint density at radius 1 is 1.23 bits per heavy atom. The predicted octanol–water partition coefficient (Wildman–Crippen LogP) is 3.56. The van der Waals surface area contributed by atoms with Crippen LogP contribution in [0.4, 0.5) is 5.69 Å². The van der Waals surface area contributed by atoms with Gasteiger partial charge in [0.2, 0.25) is 11.8 Å². The largest absolute Gasteiger partial charge is 0.355 e. The maximum Gasteiger partial charge on any atom is 0.234 e. The van der Waals surface area contributed by atoms with Gasteiger partial charge in [0.25, 0.3) is 0 Å². The van der Waals surface area contributed by atoms with E-state index in [0.717, 1.165) is 16.8 Å². The van der Waals surface area contributed by atoms with Crippen molar-refractivity contribution in [3.8, 4) is 0 Å². The highest BCUT2D eigenvalue weighted by molar-refractivity contribution is 9.10. The summed E-state index contributed by atoms with van der Waals surface area (Å²) >= 11 is 3.39. The van der Waals surface area contributed by atoms with Crippen LogP contribution in [-0.4, -0.2) is 23.2 Å². The van der Waals surface area contributed by atoms with Crippen LogP contribution >= 0.6 is 15.9 Å². The highest BCUT2D eigenvalue weighted by atomic mass is 79.9. The summed E-state index contributed by atoms with van der Waals surface area (Å²) in [5.41, 5.74) is 2.85. The number of hydrogen-bond donors (Lipinski definition) is 2. The second-order valence-corrected chi connectivity index (χ2v) is 7.55. The van der Waals surface area contributed by atoms with Gasteiger partial charge in [0.1, 0.15) is 0 Å². The van der Waals surface area contributed by atoms with Gasteiger partial charge in [-0.25, -0.2) is 0 Å². The molecule has 0 spiro atoms. The Kier molecular flexibility index (Phi) is 6.60. The van der Waals surface area contributed by atoms with Crippen LogP contribution < -0.4 is 10.6 Å². The van der Waals surface area contributed by atoms with E-state index in [-0.39, 0.29) is 28.5 Å². The van der Waals surface area contributed by atoms with Gasteiger partial charge < -0.3 is 10.6 Å². The summed E-state index contributed by atoms with van der Waals surface area (Å²) in [6.45, 7) is 10.3. The second-order valence-electron chi connectivity index (χ2n) is 6.64. The van der Waals surface area contributed by atoms with Crippen LogP contribution in [0, 0.1) is 19.3 Å². The van der Waals surface area contributed by atoms with E-state index in [2.05, 4.69) is 26.6 Å². The molecule has 0 fully saturated rings. The third kappa shape index (κ3) is 5.79. The molecule has 0 aliphatic carbocycles. The molecule has 0 heterocycles. The zero-order valence-electron chi connectivity index (χ0n) is 13.9. The smallest absolute Gasteiger partial charge is 0.234 e. The lowest BCUT2D eigenvalue weighted by molar-refractivity contribution is -0.122. The molecule has 1 rings (SSSR count). The SMILES string of the molecule is Cc1ccc(NC(=O)CCNC(=O)[C@H](Br)C(C)(C)C)c(C)c1. The Hall–Kier alpha value is -1.36. The molecule has 0 aliphatic rings. The fourth-order valence-corrected chi connectivity index (χ4v) is 2.11. The molecule has 0 aliphatic heterocycles. The zero-order chi connectivity index (χ0) is 16.9. The van der Waals surface area contributed by atoms with Crippen molar-refractivity contribution >= 4 is 33.4 Å². The van der Waals surface area contributed by atoms with Crippen molar-refractivity contribution in [2.45, 2.75) is 45.9 Å². The Balaban J connectivity index is 2.42. The third-order valence-corrected chi connectivity index (χ3v) is 5.09. The standard InChI is InChI=1S/C17H25BrN2O2/c1-11-6-7-13(12(2)10-11)20-14(21)8-9-19-16(22)15(18)17(3,4)5/h6-7,10,15H,8-9H2,1-5H3,(H,19,22)(H,20,21)/t15-/m0/s1. The first-order valence-electron chi connectivity index (χ1n) is 7.40. The van der Waals surface area contributed by atoms with Crippen molar-refractivity contribution < 1.29 is 9.59 Å². The molecule has 1 aromatic carbocycles. The molecule has 4 nitrogen and oxygen atoms in total. The average molecular weight is 369 g/mol. The fraction of sp³-hybridized carbons (Fsp3) is 0.529. The van der Waals surface area contributed by atoms with E-state index >= 15 is 0 Å². The summed E-state index contributed by atoms with van der Waals surface area (Å²) in [6.07, 6.45) is 0.253. The normalized spacial score (nSPS) is 12.6. The minimum absolute atomic E-state index is 0.0909. The summed E-state index contributed by atoms with van der Waals surface area (Å²) in [5, 5.41) is 5.65. The average Bonchev–Trinajstić information content (AvgIpc) is 2.40. The van der Waals surface area contributed by atoms with Gasteiger partial charge in [-0.15, -0.1) is 0 Å². The zero-order valence-corrected chi connectivity index (χ0v) is 15.5. The van der Waals surface area contributed by atoms with Gasteiger partial charge in [0, 0.05) is 18.7 Å². The van der Waals surface area contributed by atoms with E-state index in [1.807, 2.05) is 52.8 Å². The highest BCUT2D eigenvalue weighted by Gasteiger charge is 2.28. The van der Waals surface area contributed by atoms with Crippen molar-refractivity contribution in [1.82, 2.24) is 5.32 Å². The number of benzene rings is 1. The number of anilines is 1. The molecule has 5 heteroatoms. The fourth-order valence-electron chi connectivity index (χ4n) is 1.95. The van der Waals surface area contributed by atoms with Crippen molar-refractivity contribution in [2.24, 2.45) is 5.41 Å². The number of nitrogens with one attached hydrogen (secondary N) is 2. The summed E-state index contributed by atoms with van der Waals surface area (Å²) < 4.78 is 0. The molecule has 1 aromatic rings. The lowest BCUT2D eigenvalue weighted by Crippen LogP contribution is -2.39. The van der Waals surface area contributed by atoms with Crippen molar-refractivity contribution in [2.75, 3.05) is 11.9 Å². The van der Waals surface area contributed by atoms with E-state index in [0.29, 0.717) is 6.54 Å². The van der Waals surface area contributed by atoms with Crippen LogP contribution in [0.1, 0.15) is 38.3 Å². The quantitative estimate of drug-likeness (QED) is 0.780. The van der Waals surface area contributed by atoms with Crippen LogP contribution in [0.5, 0.6) is 0 Å². The van der Waals surface area contributed by atoms with Crippen LogP contribution in [0.2, 0.25) is 0 Å². The Labute approximate surface area is 141 Å².